The summed E-state index contributed by atoms with van der Waals surface area (Å²) < 4.78 is 0. The summed E-state index contributed by atoms with van der Waals surface area (Å²) in [6.45, 7) is 15.4. The zero-order valence-electron chi connectivity index (χ0n) is 14.6. The Kier molecular flexibility index (Phi) is 6.67. The molecule has 4 nitrogen and oxygen atoms in total. The van der Waals surface area contributed by atoms with Crippen molar-refractivity contribution in [3.05, 3.63) is 0 Å². The topological polar surface area (TPSA) is 52.6 Å². The first-order chi connectivity index (χ1) is 9.67. The molecule has 21 heavy (non-hydrogen) atoms. The van der Waals surface area contributed by atoms with Crippen molar-refractivity contribution in [2.24, 2.45) is 17.8 Å². The van der Waals surface area contributed by atoms with Crippen LogP contribution in [0.3, 0.4) is 0 Å². The van der Waals surface area contributed by atoms with Crippen molar-refractivity contribution in [2.45, 2.75) is 66.0 Å². The van der Waals surface area contributed by atoms with Crippen LogP contribution in [0.15, 0.2) is 0 Å². The number of hydrogen-bond acceptors (Lipinski definition) is 3. The molecule has 1 aliphatic rings. The molecular formula is C17H34N2O2. The second-order valence-electron chi connectivity index (χ2n) is 7.83. The lowest BCUT2D eigenvalue weighted by molar-refractivity contribution is -0.147. The maximum absolute atomic E-state index is 12.1. The van der Waals surface area contributed by atoms with Crippen molar-refractivity contribution >= 4 is 5.97 Å². The standard InChI is InChI=1S/C17H34N2O2/c1-12(2)9-19(10-13(3)4)11-17(16(20)21,15-7-8-15)18-14(5)6/h12-15,18H,7-11H2,1-6H3,(H,20,21). The van der Waals surface area contributed by atoms with Gasteiger partial charge in [0.25, 0.3) is 0 Å². The lowest BCUT2D eigenvalue weighted by Gasteiger charge is -2.39. The number of carboxylic acids is 1. The van der Waals surface area contributed by atoms with E-state index in [-0.39, 0.29) is 12.0 Å². The fraction of sp³-hybridized carbons (Fsp3) is 0.941. The highest BCUT2D eigenvalue weighted by Gasteiger charge is 2.52. The predicted octanol–water partition coefficient (Wildman–Crippen LogP) is 2.83. The average Bonchev–Trinajstić information content (AvgIpc) is 3.08. The van der Waals surface area contributed by atoms with Gasteiger partial charge in [-0.3, -0.25) is 10.1 Å². The van der Waals surface area contributed by atoms with E-state index in [0.29, 0.717) is 18.4 Å². The number of rotatable bonds is 10. The van der Waals surface area contributed by atoms with Gasteiger partial charge in [-0.15, -0.1) is 0 Å². The van der Waals surface area contributed by atoms with Crippen LogP contribution in [0, 0.1) is 17.8 Å². The fourth-order valence-corrected chi connectivity index (χ4v) is 3.28. The van der Waals surface area contributed by atoms with E-state index in [9.17, 15) is 9.90 Å². The molecule has 4 heteroatoms. The van der Waals surface area contributed by atoms with Gasteiger partial charge in [0, 0.05) is 25.7 Å². The third kappa shape index (κ3) is 5.59. The molecule has 0 amide bonds. The van der Waals surface area contributed by atoms with Crippen molar-refractivity contribution in [1.82, 2.24) is 10.2 Å². The highest BCUT2D eigenvalue weighted by atomic mass is 16.4. The Balaban J connectivity index is 2.92. The SMILES string of the molecule is CC(C)CN(CC(C)C)CC(NC(C)C)(C(=O)O)C1CC1. The van der Waals surface area contributed by atoms with E-state index in [1.165, 1.54) is 0 Å². The van der Waals surface area contributed by atoms with Crippen LogP contribution in [0.4, 0.5) is 0 Å². The first-order valence-electron chi connectivity index (χ1n) is 8.40. The summed E-state index contributed by atoms with van der Waals surface area (Å²) in [7, 11) is 0. The Morgan fingerprint density at radius 2 is 1.62 bits per heavy atom. The molecule has 1 unspecified atom stereocenters. The summed E-state index contributed by atoms with van der Waals surface area (Å²) in [5, 5.41) is 13.3. The fourth-order valence-electron chi connectivity index (χ4n) is 3.28. The molecular weight excluding hydrogens is 264 g/mol. The maximum atomic E-state index is 12.1. The lowest BCUT2D eigenvalue weighted by atomic mass is 9.90. The van der Waals surface area contributed by atoms with Gasteiger partial charge in [0.2, 0.25) is 0 Å². The van der Waals surface area contributed by atoms with Crippen molar-refractivity contribution < 1.29 is 9.90 Å². The van der Waals surface area contributed by atoms with Crippen LogP contribution in [0.5, 0.6) is 0 Å². The van der Waals surface area contributed by atoms with Crippen LogP contribution in [0.1, 0.15) is 54.4 Å². The Morgan fingerprint density at radius 3 is 1.90 bits per heavy atom. The Morgan fingerprint density at radius 1 is 1.14 bits per heavy atom. The van der Waals surface area contributed by atoms with Crippen LogP contribution in [-0.4, -0.2) is 47.2 Å². The molecule has 2 N–H and O–H groups in total. The van der Waals surface area contributed by atoms with Crippen LogP contribution < -0.4 is 5.32 Å². The molecule has 1 rings (SSSR count). The third-order valence-corrected chi connectivity index (χ3v) is 3.92. The zero-order valence-corrected chi connectivity index (χ0v) is 14.6. The number of hydrogen-bond donors (Lipinski definition) is 2. The Bertz CT molecular complexity index is 328. The summed E-state index contributed by atoms with van der Waals surface area (Å²) in [5.74, 6) is 0.692. The van der Waals surface area contributed by atoms with Crippen molar-refractivity contribution in [3.8, 4) is 0 Å². The van der Waals surface area contributed by atoms with E-state index in [4.69, 9.17) is 0 Å². The van der Waals surface area contributed by atoms with Crippen LogP contribution in [-0.2, 0) is 4.79 Å². The summed E-state index contributed by atoms with van der Waals surface area (Å²) in [5.41, 5.74) is -0.780. The van der Waals surface area contributed by atoms with Gasteiger partial charge in [0.15, 0.2) is 0 Å². The molecule has 1 aliphatic carbocycles. The number of nitrogens with one attached hydrogen (secondary N) is 1. The van der Waals surface area contributed by atoms with Crippen LogP contribution in [0.25, 0.3) is 0 Å². The molecule has 0 saturated heterocycles. The van der Waals surface area contributed by atoms with E-state index in [1.54, 1.807) is 0 Å². The number of carbonyl (C=O) groups is 1. The minimum Gasteiger partial charge on any atom is -0.480 e. The van der Waals surface area contributed by atoms with Gasteiger partial charge in [-0.1, -0.05) is 27.7 Å². The molecule has 0 aromatic heterocycles. The van der Waals surface area contributed by atoms with Crippen molar-refractivity contribution in [2.75, 3.05) is 19.6 Å². The Hall–Kier alpha value is -0.610. The zero-order chi connectivity index (χ0) is 16.2. The molecule has 1 fully saturated rings. The molecule has 1 saturated carbocycles. The minimum absolute atomic E-state index is 0.182. The quantitative estimate of drug-likeness (QED) is 0.651. The minimum atomic E-state index is -0.780. The Labute approximate surface area is 130 Å². The van der Waals surface area contributed by atoms with Crippen LogP contribution >= 0.6 is 0 Å². The van der Waals surface area contributed by atoms with E-state index in [2.05, 4.69) is 37.9 Å². The molecule has 0 radical (unpaired) electrons. The van der Waals surface area contributed by atoms with Gasteiger partial charge in [0.1, 0.15) is 5.54 Å². The second-order valence-corrected chi connectivity index (χ2v) is 7.83. The third-order valence-electron chi connectivity index (χ3n) is 3.92. The molecule has 0 aromatic rings. The first-order valence-corrected chi connectivity index (χ1v) is 8.40. The van der Waals surface area contributed by atoms with E-state index in [1.807, 2.05) is 13.8 Å². The molecule has 124 valence electrons. The number of carboxylic acid groups (broad SMARTS) is 1. The summed E-state index contributed by atoms with van der Waals surface area (Å²) >= 11 is 0. The summed E-state index contributed by atoms with van der Waals surface area (Å²) in [6.07, 6.45) is 2.06. The molecule has 0 spiro atoms. The molecule has 0 aromatic carbocycles. The van der Waals surface area contributed by atoms with Gasteiger partial charge in [-0.05, 0) is 44.4 Å². The van der Waals surface area contributed by atoms with Crippen LogP contribution in [0.2, 0.25) is 0 Å². The smallest absolute Gasteiger partial charge is 0.325 e. The van der Waals surface area contributed by atoms with E-state index in [0.717, 1.165) is 25.9 Å². The molecule has 0 bridgehead atoms. The van der Waals surface area contributed by atoms with E-state index >= 15 is 0 Å². The predicted molar refractivity (Wildman–Crippen MR) is 87.5 cm³/mol. The van der Waals surface area contributed by atoms with Gasteiger partial charge in [-0.2, -0.15) is 0 Å². The number of aliphatic carboxylic acids is 1. The first kappa shape index (κ1) is 18.4. The average molecular weight is 298 g/mol. The monoisotopic (exact) mass is 298 g/mol. The molecule has 1 atom stereocenters. The second kappa shape index (κ2) is 7.59. The van der Waals surface area contributed by atoms with Crippen molar-refractivity contribution in [3.63, 3.8) is 0 Å². The highest BCUT2D eigenvalue weighted by molar-refractivity contribution is 5.80. The van der Waals surface area contributed by atoms with E-state index < -0.39 is 11.5 Å². The summed E-state index contributed by atoms with van der Waals surface area (Å²) in [4.78, 5) is 14.4. The van der Waals surface area contributed by atoms with Gasteiger partial charge >= 0.3 is 5.97 Å². The maximum Gasteiger partial charge on any atom is 0.325 e. The molecule has 0 heterocycles. The van der Waals surface area contributed by atoms with Gasteiger partial charge in [0.05, 0.1) is 0 Å². The summed E-state index contributed by atoms with van der Waals surface area (Å²) in [6, 6.07) is 0.182. The highest BCUT2D eigenvalue weighted by Crippen LogP contribution is 2.41. The number of nitrogens with zero attached hydrogens (tertiary/aromatic N) is 1. The largest absolute Gasteiger partial charge is 0.480 e. The lowest BCUT2D eigenvalue weighted by Crippen LogP contribution is -2.63. The van der Waals surface area contributed by atoms with Crippen molar-refractivity contribution in [1.29, 1.82) is 0 Å². The van der Waals surface area contributed by atoms with Gasteiger partial charge < -0.3 is 10.0 Å². The van der Waals surface area contributed by atoms with Gasteiger partial charge in [-0.25, -0.2) is 0 Å². The normalized spacial score (nSPS) is 18.8. The molecule has 0 aliphatic heterocycles.